The first-order valence-electron chi connectivity index (χ1n) is 9.09. The fourth-order valence-corrected chi connectivity index (χ4v) is 2.87. The van der Waals surface area contributed by atoms with Crippen LogP contribution in [0.5, 0.6) is 0 Å². The molecule has 2 aliphatic rings. The molecule has 1 aliphatic carbocycles. The average Bonchev–Trinajstić information content (AvgIpc) is 3.33. The molecule has 5 nitrogen and oxygen atoms in total. The molecule has 5 heteroatoms. The molecule has 1 saturated heterocycles. The molecule has 1 saturated carbocycles. The highest BCUT2D eigenvalue weighted by Gasteiger charge is 2.20. The summed E-state index contributed by atoms with van der Waals surface area (Å²) in [6, 6.07) is 0. The molecule has 2 N–H and O–H groups in total. The SMILES string of the molecule is CCNC(=NCCCN1CCCCCC1=O)NCCC1CC1. The Hall–Kier alpha value is -1.26. The van der Waals surface area contributed by atoms with E-state index in [1.165, 1.54) is 25.7 Å². The van der Waals surface area contributed by atoms with Crippen LogP contribution in [0.3, 0.4) is 0 Å². The zero-order valence-corrected chi connectivity index (χ0v) is 14.1. The lowest BCUT2D eigenvalue weighted by Crippen LogP contribution is -2.38. The van der Waals surface area contributed by atoms with Crippen LogP contribution in [0.4, 0.5) is 0 Å². The van der Waals surface area contributed by atoms with E-state index in [0.717, 1.165) is 70.3 Å². The first-order valence-corrected chi connectivity index (χ1v) is 9.09. The smallest absolute Gasteiger partial charge is 0.222 e. The maximum Gasteiger partial charge on any atom is 0.222 e. The minimum atomic E-state index is 0.330. The standard InChI is InChI=1S/C17H32N4O/c1-2-18-17(20-12-10-15-8-9-15)19-11-6-14-21-13-5-3-4-7-16(21)22/h15H,2-14H2,1H3,(H2,18,19,20). The summed E-state index contributed by atoms with van der Waals surface area (Å²) in [5, 5.41) is 6.70. The van der Waals surface area contributed by atoms with Crippen LogP contribution in [0, 0.1) is 5.92 Å². The molecule has 2 rings (SSSR count). The third kappa shape index (κ3) is 6.67. The minimum Gasteiger partial charge on any atom is -0.357 e. The zero-order valence-electron chi connectivity index (χ0n) is 14.1. The number of carbonyl (C=O) groups excluding carboxylic acids is 1. The minimum absolute atomic E-state index is 0.330. The van der Waals surface area contributed by atoms with Crippen molar-refractivity contribution in [1.82, 2.24) is 15.5 Å². The van der Waals surface area contributed by atoms with Gasteiger partial charge in [-0.1, -0.05) is 19.3 Å². The molecule has 1 amide bonds. The molecule has 1 aliphatic heterocycles. The summed E-state index contributed by atoms with van der Waals surface area (Å²) in [7, 11) is 0. The lowest BCUT2D eigenvalue weighted by atomic mass is 10.2. The van der Waals surface area contributed by atoms with E-state index in [2.05, 4.69) is 22.5 Å². The molecular formula is C17H32N4O. The predicted molar refractivity (Wildman–Crippen MR) is 91.0 cm³/mol. The first-order chi connectivity index (χ1) is 10.8. The molecule has 0 bridgehead atoms. The predicted octanol–water partition coefficient (Wildman–Crippen LogP) is 2.13. The lowest BCUT2D eigenvalue weighted by molar-refractivity contribution is -0.130. The maximum atomic E-state index is 11.9. The van der Waals surface area contributed by atoms with Gasteiger partial charge in [0.2, 0.25) is 5.91 Å². The van der Waals surface area contributed by atoms with Gasteiger partial charge in [0, 0.05) is 39.1 Å². The van der Waals surface area contributed by atoms with E-state index in [0.29, 0.717) is 5.91 Å². The van der Waals surface area contributed by atoms with Gasteiger partial charge >= 0.3 is 0 Å². The molecule has 0 aromatic heterocycles. The average molecular weight is 308 g/mol. The normalized spacial score (nSPS) is 20.0. The summed E-state index contributed by atoms with van der Waals surface area (Å²) in [4.78, 5) is 18.6. The molecule has 0 unspecified atom stereocenters. The molecule has 0 atom stereocenters. The zero-order chi connectivity index (χ0) is 15.6. The third-order valence-corrected chi connectivity index (χ3v) is 4.41. The molecule has 0 radical (unpaired) electrons. The second kappa shape index (κ2) is 9.70. The van der Waals surface area contributed by atoms with Gasteiger partial charge in [-0.2, -0.15) is 0 Å². The van der Waals surface area contributed by atoms with Crippen molar-refractivity contribution >= 4 is 11.9 Å². The third-order valence-electron chi connectivity index (χ3n) is 4.41. The Bertz CT molecular complexity index is 366. The van der Waals surface area contributed by atoms with Gasteiger partial charge in [-0.3, -0.25) is 9.79 Å². The van der Waals surface area contributed by atoms with Crippen molar-refractivity contribution in [2.75, 3.05) is 32.7 Å². The summed E-state index contributed by atoms with van der Waals surface area (Å²) < 4.78 is 0. The van der Waals surface area contributed by atoms with E-state index in [1.807, 2.05) is 4.90 Å². The largest absolute Gasteiger partial charge is 0.357 e. The monoisotopic (exact) mass is 308 g/mol. The number of hydrogen-bond acceptors (Lipinski definition) is 2. The van der Waals surface area contributed by atoms with Crippen molar-refractivity contribution in [3.05, 3.63) is 0 Å². The molecule has 22 heavy (non-hydrogen) atoms. The van der Waals surface area contributed by atoms with E-state index in [4.69, 9.17) is 0 Å². The van der Waals surface area contributed by atoms with E-state index >= 15 is 0 Å². The molecular weight excluding hydrogens is 276 g/mol. The van der Waals surface area contributed by atoms with Gasteiger partial charge in [0.25, 0.3) is 0 Å². The van der Waals surface area contributed by atoms with E-state index in [9.17, 15) is 4.79 Å². The van der Waals surface area contributed by atoms with Crippen LogP contribution in [0.1, 0.15) is 58.3 Å². The summed E-state index contributed by atoms with van der Waals surface area (Å²) >= 11 is 0. The van der Waals surface area contributed by atoms with Crippen molar-refractivity contribution in [2.24, 2.45) is 10.9 Å². The number of aliphatic imine (C=N–C) groups is 1. The van der Waals surface area contributed by atoms with Crippen LogP contribution in [0.25, 0.3) is 0 Å². The molecule has 0 aromatic carbocycles. The number of guanidine groups is 1. The molecule has 1 heterocycles. The van der Waals surface area contributed by atoms with Crippen molar-refractivity contribution in [2.45, 2.75) is 58.3 Å². The highest BCUT2D eigenvalue weighted by atomic mass is 16.2. The molecule has 126 valence electrons. The number of nitrogens with zero attached hydrogens (tertiary/aromatic N) is 2. The van der Waals surface area contributed by atoms with Gasteiger partial charge < -0.3 is 15.5 Å². The summed E-state index contributed by atoms with van der Waals surface area (Å²) in [6.07, 6.45) is 9.14. The van der Waals surface area contributed by atoms with Crippen LogP contribution >= 0.6 is 0 Å². The summed E-state index contributed by atoms with van der Waals surface area (Å²) in [5.41, 5.74) is 0. The van der Waals surface area contributed by atoms with Gasteiger partial charge in [0.1, 0.15) is 0 Å². The van der Waals surface area contributed by atoms with Crippen LogP contribution in [-0.2, 0) is 4.79 Å². The number of carbonyl (C=O) groups is 1. The second-order valence-corrected chi connectivity index (χ2v) is 6.46. The van der Waals surface area contributed by atoms with Crippen molar-refractivity contribution < 1.29 is 4.79 Å². The molecule has 0 spiro atoms. The van der Waals surface area contributed by atoms with Crippen LogP contribution in [0.2, 0.25) is 0 Å². The Morgan fingerprint density at radius 3 is 2.91 bits per heavy atom. The summed E-state index contributed by atoms with van der Waals surface area (Å²) in [5.74, 6) is 2.20. The highest BCUT2D eigenvalue weighted by molar-refractivity contribution is 5.79. The van der Waals surface area contributed by atoms with Crippen molar-refractivity contribution in [3.8, 4) is 0 Å². The van der Waals surface area contributed by atoms with Crippen molar-refractivity contribution in [1.29, 1.82) is 0 Å². The first kappa shape index (κ1) is 17.1. The van der Waals surface area contributed by atoms with Gasteiger partial charge in [0.15, 0.2) is 5.96 Å². The number of likely N-dealkylation sites (tertiary alicyclic amines) is 1. The van der Waals surface area contributed by atoms with Gasteiger partial charge in [0.05, 0.1) is 0 Å². The van der Waals surface area contributed by atoms with E-state index in [-0.39, 0.29) is 0 Å². The Morgan fingerprint density at radius 2 is 2.14 bits per heavy atom. The quantitative estimate of drug-likeness (QED) is 0.410. The number of rotatable bonds is 8. The Labute approximate surface area is 134 Å². The van der Waals surface area contributed by atoms with E-state index < -0.39 is 0 Å². The summed E-state index contributed by atoms with van der Waals surface area (Å²) in [6.45, 7) is 6.56. The number of amides is 1. The van der Waals surface area contributed by atoms with Gasteiger partial charge in [-0.05, 0) is 38.5 Å². The Balaban J connectivity index is 1.64. The Morgan fingerprint density at radius 1 is 1.27 bits per heavy atom. The van der Waals surface area contributed by atoms with Crippen LogP contribution < -0.4 is 10.6 Å². The van der Waals surface area contributed by atoms with E-state index in [1.54, 1.807) is 0 Å². The number of hydrogen-bond donors (Lipinski definition) is 2. The Kier molecular flexibility index (Phi) is 7.54. The van der Waals surface area contributed by atoms with Gasteiger partial charge in [-0.15, -0.1) is 0 Å². The van der Waals surface area contributed by atoms with Crippen molar-refractivity contribution in [3.63, 3.8) is 0 Å². The lowest BCUT2D eigenvalue weighted by Gasteiger charge is -2.20. The van der Waals surface area contributed by atoms with Crippen LogP contribution in [0.15, 0.2) is 4.99 Å². The number of nitrogens with one attached hydrogen (secondary N) is 2. The highest BCUT2D eigenvalue weighted by Crippen LogP contribution is 2.31. The maximum absolute atomic E-state index is 11.9. The second-order valence-electron chi connectivity index (χ2n) is 6.46. The fourth-order valence-electron chi connectivity index (χ4n) is 2.87. The molecule has 0 aromatic rings. The van der Waals surface area contributed by atoms with Crippen LogP contribution in [-0.4, -0.2) is 49.5 Å². The molecule has 2 fully saturated rings. The fraction of sp³-hybridized carbons (Fsp3) is 0.882. The topological polar surface area (TPSA) is 56.7 Å². The van der Waals surface area contributed by atoms with Gasteiger partial charge in [-0.25, -0.2) is 0 Å².